The average molecular weight is 356 g/mol. The summed E-state index contributed by atoms with van der Waals surface area (Å²) in [4.78, 5) is 23.5. The molecule has 6 heteroatoms. The molecule has 6 nitrogen and oxygen atoms in total. The molecule has 0 radical (unpaired) electrons. The second-order valence-corrected chi connectivity index (χ2v) is 6.96. The summed E-state index contributed by atoms with van der Waals surface area (Å²) in [6.07, 6.45) is 1.36. The lowest BCUT2D eigenvalue weighted by Crippen LogP contribution is -2.37. The van der Waals surface area contributed by atoms with Crippen LogP contribution < -0.4 is 20.7 Å². The lowest BCUT2D eigenvalue weighted by molar-refractivity contribution is 0.352. The first-order valence-electron chi connectivity index (χ1n) is 8.28. The summed E-state index contributed by atoms with van der Waals surface area (Å²) in [6.45, 7) is 6.74. The van der Waals surface area contributed by atoms with Crippen LogP contribution in [0, 0.1) is 11.8 Å². The van der Waals surface area contributed by atoms with E-state index >= 15 is 0 Å². The molecule has 1 aromatic carbocycles. The summed E-state index contributed by atoms with van der Waals surface area (Å²) >= 11 is 0. The number of rotatable bonds is 4. The Balaban J connectivity index is 1.87. The van der Waals surface area contributed by atoms with Gasteiger partial charge in [0.1, 0.15) is 19.0 Å². The second kappa shape index (κ2) is 7.96. The number of hydrogen-bond donors (Lipinski definition) is 0. The number of aromatic nitrogens is 2. The maximum absolute atomic E-state index is 11.9. The molecule has 0 N–H and O–H groups in total. The number of ether oxygens (including phenoxy) is 2. The maximum atomic E-state index is 11.9. The van der Waals surface area contributed by atoms with E-state index in [2.05, 4.69) is 32.6 Å². The highest BCUT2D eigenvalue weighted by Gasteiger charge is 2.12. The zero-order valence-corrected chi connectivity index (χ0v) is 15.8. The fourth-order valence-electron chi connectivity index (χ4n) is 2.26. The molecule has 2 rings (SSSR count). The van der Waals surface area contributed by atoms with Crippen molar-refractivity contribution in [2.75, 3.05) is 13.2 Å². The van der Waals surface area contributed by atoms with Crippen molar-refractivity contribution in [2.24, 2.45) is 14.1 Å². The fraction of sp³-hybridized carbons (Fsp3) is 0.400. The molecule has 0 spiro atoms. The number of hydrogen-bond acceptors (Lipinski definition) is 4. The van der Waals surface area contributed by atoms with Gasteiger partial charge in [-0.25, -0.2) is 4.79 Å². The van der Waals surface area contributed by atoms with Crippen LogP contribution in [-0.2, 0) is 19.5 Å². The molecule has 0 saturated carbocycles. The van der Waals surface area contributed by atoms with Gasteiger partial charge >= 0.3 is 5.69 Å². The fourth-order valence-corrected chi connectivity index (χ4v) is 2.26. The van der Waals surface area contributed by atoms with Crippen LogP contribution in [0.2, 0.25) is 0 Å². The molecule has 0 fully saturated rings. The van der Waals surface area contributed by atoms with E-state index in [0.717, 1.165) is 10.3 Å². The van der Waals surface area contributed by atoms with Crippen LogP contribution in [0.1, 0.15) is 26.3 Å². The number of aryl methyl sites for hydroxylation is 1. The van der Waals surface area contributed by atoms with Gasteiger partial charge in [0.15, 0.2) is 0 Å². The molecule has 1 aromatic heterocycles. The molecule has 2 aromatic rings. The summed E-state index contributed by atoms with van der Waals surface area (Å²) in [5.74, 6) is 6.46. The predicted octanol–water partition coefficient (Wildman–Crippen LogP) is 1.84. The summed E-state index contributed by atoms with van der Waals surface area (Å²) in [5.41, 5.74) is 0.459. The Labute approximate surface area is 153 Å². The molecular formula is C20H24N2O4. The summed E-state index contributed by atoms with van der Waals surface area (Å²) in [7, 11) is 2.96. The Hall–Kier alpha value is -2.94. The first-order valence-corrected chi connectivity index (χ1v) is 8.28. The SMILES string of the molecule is Cn1cc(OCC#CCOc2ccc(C(C)(C)C)cc2)c(=O)n(C)c1=O. The molecule has 0 bridgehead atoms. The third-order valence-corrected chi connectivity index (χ3v) is 3.87. The van der Waals surface area contributed by atoms with Crippen LogP contribution in [0.4, 0.5) is 0 Å². The molecular weight excluding hydrogens is 332 g/mol. The van der Waals surface area contributed by atoms with Gasteiger partial charge in [0.2, 0.25) is 5.75 Å². The van der Waals surface area contributed by atoms with E-state index in [-0.39, 0.29) is 24.4 Å². The van der Waals surface area contributed by atoms with E-state index in [1.165, 1.54) is 23.4 Å². The molecule has 138 valence electrons. The molecule has 0 unspecified atom stereocenters. The van der Waals surface area contributed by atoms with Gasteiger partial charge < -0.3 is 9.47 Å². The van der Waals surface area contributed by atoms with Crippen molar-refractivity contribution in [3.05, 3.63) is 56.9 Å². The van der Waals surface area contributed by atoms with Gasteiger partial charge in [0.05, 0.1) is 6.20 Å². The summed E-state index contributed by atoms with van der Waals surface area (Å²) in [5, 5.41) is 0. The lowest BCUT2D eigenvalue weighted by Gasteiger charge is -2.18. The third kappa shape index (κ3) is 4.79. The highest BCUT2D eigenvalue weighted by molar-refractivity contribution is 5.31. The van der Waals surface area contributed by atoms with Crippen molar-refractivity contribution in [3.63, 3.8) is 0 Å². The van der Waals surface area contributed by atoms with Crippen molar-refractivity contribution in [1.29, 1.82) is 0 Å². The standard InChI is InChI=1S/C20H24N2O4/c1-20(2,3)15-8-10-16(11-9-15)25-12-6-7-13-26-17-14-21(4)19(24)22(5)18(17)23/h8-11,14H,12-13H2,1-5H3. The minimum absolute atomic E-state index is 0.0414. The van der Waals surface area contributed by atoms with Gasteiger partial charge in [-0.3, -0.25) is 13.9 Å². The monoisotopic (exact) mass is 356 g/mol. The molecule has 0 aliphatic heterocycles. The van der Waals surface area contributed by atoms with Crippen LogP contribution in [0.5, 0.6) is 11.5 Å². The second-order valence-electron chi connectivity index (χ2n) is 6.96. The van der Waals surface area contributed by atoms with Crippen molar-refractivity contribution in [3.8, 4) is 23.3 Å². The normalized spacial score (nSPS) is 10.8. The highest BCUT2D eigenvalue weighted by Crippen LogP contribution is 2.24. The minimum Gasteiger partial charge on any atom is -0.481 e. The van der Waals surface area contributed by atoms with Crippen LogP contribution in [0.25, 0.3) is 0 Å². The van der Waals surface area contributed by atoms with E-state index in [9.17, 15) is 9.59 Å². The van der Waals surface area contributed by atoms with Crippen LogP contribution in [0.3, 0.4) is 0 Å². The minimum atomic E-state index is -0.481. The largest absolute Gasteiger partial charge is 0.481 e. The zero-order valence-electron chi connectivity index (χ0n) is 15.8. The van der Waals surface area contributed by atoms with E-state index in [1.807, 2.05) is 24.3 Å². The Morgan fingerprint density at radius 2 is 1.54 bits per heavy atom. The molecule has 0 atom stereocenters. The number of benzene rings is 1. The lowest BCUT2D eigenvalue weighted by atomic mass is 9.87. The predicted molar refractivity (Wildman–Crippen MR) is 101 cm³/mol. The first-order chi connectivity index (χ1) is 12.2. The van der Waals surface area contributed by atoms with Crippen molar-refractivity contribution < 1.29 is 9.47 Å². The van der Waals surface area contributed by atoms with Crippen molar-refractivity contribution in [2.45, 2.75) is 26.2 Å². The Morgan fingerprint density at radius 3 is 2.12 bits per heavy atom. The van der Waals surface area contributed by atoms with Crippen LogP contribution in [-0.4, -0.2) is 22.3 Å². The smallest absolute Gasteiger partial charge is 0.330 e. The third-order valence-electron chi connectivity index (χ3n) is 3.87. The zero-order chi connectivity index (χ0) is 19.3. The molecule has 0 aliphatic carbocycles. The Bertz CT molecular complexity index is 935. The van der Waals surface area contributed by atoms with Gasteiger partial charge in [-0.05, 0) is 23.1 Å². The van der Waals surface area contributed by atoms with E-state index in [1.54, 1.807) is 7.05 Å². The van der Waals surface area contributed by atoms with Gasteiger partial charge in [-0.1, -0.05) is 44.7 Å². The van der Waals surface area contributed by atoms with E-state index < -0.39 is 11.2 Å². The molecule has 1 heterocycles. The Kier molecular flexibility index (Phi) is 5.93. The molecule has 26 heavy (non-hydrogen) atoms. The molecule has 0 amide bonds. The van der Waals surface area contributed by atoms with E-state index in [4.69, 9.17) is 9.47 Å². The molecule has 0 aliphatic rings. The summed E-state index contributed by atoms with van der Waals surface area (Å²) in [6, 6.07) is 7.93. The van der Waals surface area contributed by atoms with Crippen molar-refractivity contribution >= 4 is 0 Å². The van der Waals surface area contributed by atoms with Gasteiger partial charge in [-0.2, -0.15) is 0 Å². The quantitative estimate of drug-likeness (QED) is 0.785. The Morgan fingerprint density at radius 1 is 0.962 bits per heavy atom. The van der Waals surface area contributed by atoms with Crippen molar-refractivity contribution in [1.82, 2.24) is 9.13 Å². The number of nitrogens with zero attached hydrogens (tertiary/aromatic N) is 2. The molecule has 0 saturated heterocycles. The maximum Gasteiger partial charge on any atom is 0.330 e. The van der Waals surface area contributed by atoms with E-state index in [0.29, 0.717) is 0 Å². The van der Waals surface area contributed by atoms with Gasteiger partial charge in [0.25, 0.3) is 5.56 Å². The average Bonchev–Trinajstić information content (AvgIpc) is 2.60. The topological polar surface area (TPSA) is 62.5 Å². The van der Waals surface area contributed by atoms with Crippen LogP contribution in [0.15, 0.2) is 40.1 Å². The first kappa shape index (κ1) is 19.4. The van der Waals surface area contributed by atoms with Gasteiger partial charge in [-0.15, -0.1) is 0 Å². The van der Waals surface area contributed by atoms with Gasteiger partial charge in [0, 0.05) is 14.1 Å². The summed E-state index contributed by atoms with van der Waals surface area (Å²) < 4.78 is 13.2. The highest BCUT2D eigenvalue weighted by atomic mass is 16.5. The van der Waals surface area contributed by atoms with Crippen LogP contribution >= 0.6 is 0 Å².